The highest BCUT2D eigenvalue weighted by Crippen LogP contribution is 2.24. The molecule has 0 aliphatic carbocycles. The lowest BCUT2D eigenvalue weighted by molar-refractivity contribution is -0.127. The van der Waals surface area contributed by atoms with Gasteiger partial charge in [0.15, 0.2) is 0 Å². The minimum atomic E-state index is 0.0990. The van der Waals surface area contributed by atoms with Crippen LogP contribution in [0.25, 0.3) is 6.08 Å². The van der Waals surface area contributed by atoms with Crippen LogP contribution >= 0.6 is 0 Å². The summed E-state index contributed by atoms with van der Waals surface area (Å²) in [6.07, 6.45) is 9.31. The van der Waals surface area contributed by atoms with E-state index < -0.39 is 0 Å². The second-order valence-corrected chi connectivity index (χ2v) is 8.78. The third kappa shape index (κ3) is 7.21. The molecule has 1 aliphatic rings. The van der Waals surface area contributed by atoms with Crippen LogP contribution in [-0.4, -0.2) is 54.0 Å². The number of carbonyl (C=O) groups excluding carboxylic acids is 1. The average Bonchev–Trinajstić information content (AvgIpc) is 2.79. The Labute approximate surface area is 186 Å². The second kappa shape index (κ2) is 11.7. The summed E-state index contributed by atoms with van der Waals surface area (Å²) in [5.74, 6) is 2.05. The Kier molecular flexibility index (Phi) is 8.65. The summed E-state index contributed by atoms with van der Waals surface area (Å²) in [7, 11) is 1.73. The lowest BCUT2D eigenvalue weighted by Crippen LogP contribution is -2.41. The maximum atomic E-state index is 12.9. The van der Waals surface area contributed by atoms with E-state index in [0.29, 0.717) is 11.8 Å². The summed E-state index contributed by atoms with van der Waals surface area (Å²) in [6.45, 7) is 8.99. The van der Waals surface area contributed by atoms with E-state index in [1.165, 1.54) is 5.56 Å². The molecule has 5 heteroatoms. The standard InChI is InChI=1S/C26H35N3O2/c1-21(2)18-29(26(30)9-8-22-10-14-27-15-11-22)19-23-12-16-28(17-13-23)20-24-6-4-5-7-25(24)31-3/h4-11,14-15,21,23H,12-13,16-20H2,1-3H3. The minimum Gasteiger partial charge on any atom is -0.496 e. The summed E-state index contributed by atoms with van der Waals surface area (Å²) in [6, 6.07) is 12.1. The van der Waals surface area contributed by atoms with Gasteiger partial charge in [-0.2, -0.15) is 0 Å². The molecule has 3 rings (SSSR count). The number of ether oxygens (including phenoxy) is 1. The molecule has 0 N–H and O–H groups in total. The van der Waals surface area contributed by atoms with Gasteiger partial charge in [0.1, 0.15) is 5.75 Å². The quantitative estimate of drug-likeness (QED) is 0.559. The van der Waals surface area contributed by atoms with Crippen LogP contribution in [0.15, 0.2) is 54.9 Å². The van der Waals surface area contributed by atoms with E-state index in [2.05, 4.69) is 35.9 Å². The second-order valence-electron chi connectivity index (χ2n) is 8.78. The lowest BCUT2D eigenvalue weighted by atomic mass is 9.95. The van der Waals surface area contributed by atoms with Gasteiger partial charge < -0.3 is 9.64 Å². The van der Waals surface area contributed by atoms with Crippen molar-refractivity contribution in [1.29, 1.82) is 0 Å². The molecule has 0 radical (unpaired) electrons. The highest BCUT2D eigenvalue weighted by atomic mass is 16.5. The van der Waals surface area contributed by atoms with E-state index in [4.69, 9.17) is 4.74 Å². The molecule has 1 aliphatic heterocycles. The summed E-state index contributed by atoms with van der Waals surface area (Å²) < 4.78 is 5.50. The molecular formula is C26H35N3O2. The Hall–Kier alpha value is -2.66. The van der Waals surface area contributed by atoms with Crippen molar-refractivity contribution in [1.82, 2.24) is 14.8 Å². The van der Waals surface area contributed by atoms with Crippen molar-refractivity contribution in [2.24, 2.45) is 11.8 Å². The lowest BCUT2D eigenvalue weighted by Gasteiger charge is -2.35. The summed E-state index contributed by atoms with van der Waals surface area (Å²) in [4.78, 5) is 21.5. The van der Waals surface area contributed by atoms with Crippen molar-refractivity contribution >= 4 is 12.0 Å². The molecule has 166 valence electrons. The summed E-state index contributed by atoms with van der Waals surface area (Å²) in [5.41, 5.74) is 2.24. The van der Waals surface area contributed by atoms with Crippen molar-refractivity contribution < 1.29 is 9.53 Å². The van der Waals surface area contributed by atoms with Gasteiger partial charge in [-0.25, -0.2) is 0 Å². The first-order valence-corrected chi connectivity index (χ1v) is 11.3. The zero-order valence-electron chi connectivity index (χ0n) is 19.0. The predicted octanol–water partition coefficient (Wildman–Crippen LogP) is 4.50. The van der Waals surface area contributed by atoms with Crippen molar-refractivity contribution in [3.05, 3.63) is 66.0 Å². The van der Waals surface area contributed by atoms with Crippen LogP contribution < -0.4 is 4.74 Å². The van der Waals surface area contributed by atoms with Crippen molar-refractivity contribution in [3.63, 3.8) is 0 Å². The van der Waals surface area contributed by atoms with Crippen LogP contribution in [0, 0.1) is 11.8 Å². The van der Waals surface area contributed by atoms with Crippen LogP contribution in [-0.2, 0) is 11.3 Å². The molecule has 1 aromatic heterocycles. The zero-order valence-corrected chi connectivity index (χ0v) is 19.0. The van der Waals surface area contributed by atoms with E-state index in [-0.39, 0.29) is 5.91 Å². The topological polar surface area (TPSA) is 45.7 Å². The van der Waals surface area contributed by atoms with Crippen molar-refractivity contribution in [3.8, 4) is 5.75 Å². The molecule has 0 atom stereocenters. The number of rotatable bonds is 9. The molecule has 2 heterocycles. The number of likely N-dealkylation sites (tertiary alicyclic amines) is 1. The monoisotopic (exact) mass is 421 g/mol. The number of para-hydroxylation sites is 1. The molecule has 1 amide bonds. The van der Waals surface area contributed by atoms with E-state index in [1.54, 1.807) is 25.6 Å². The van der Waals surface area contributed by atoms with E-state index in [9.17, 15) is 4.79 Å². The Bertz CT molecular complexity index is 843. The number of aromatic nitrogens is 1. The average molecular weight is 422 g/mol. The molecule has 0 bridgehead atoms. The third-order valence-corrected chi connectivity index (χ3v) is 5.79. The van der Waals surface area contributed by atoms with Gasteiger partial charge in [-0.05, 0) is 67.6 Å². The highest BCUT2D eigenvalue weighted by molar-refractivity contribution is 5.91. The summed E-state index contributed by atoms with van der Waals surface area (Å²) >= 11 is 0. The van der Waals surface area contributed by atoms with Gasteiger partial charge in [-0.15, -0.1) is 0 Å². The Morgan fingerprint density at radius 3 is 2.58 bits per heavy atom. The molecule has 0 spiro atoms. The molecule has 0 unspecified atom stereocenters. The van der Waals surface area contributed by atoms with Crippen LogP contribution in [0.2, 0.25) is 0 Å². The SMILES string of the molecule is COc1ccccc1CN1CCC(CN(CC(C)C)C(=O)C=Cc2ccncc2)CC1. The van der Waals surface area contributed by atoms with Crippen molar-refractivity contribution in [2.75, 3.05) is 33.3 Å². The Morgan fingerprint density at radius 1 is 1.19 bits per heavy atom. The van der Waals surface area contributed by atoms with Gasteiger partial charge in [-0.3, -0.25) is 14.7 Å². The molecule has 1 saturated heterocycles. The first kappa shape index (κ1) is 23.0. The highest BCUT2D eigenvalue weighted by Gasteiger charge is 2.24. The van der Waals surface area contributed by atoms with Crippen LogP contribution in [0.5, 0.6) is 5.75 Å². The number of piperidine rings is 1. The van der Waals surface area contributed by atoms with E-state index >= 15 is 0 Å². The fourth-order valence-corrected chi connectivity index (χ4v) is 4.16. The maximum Gasteiger partial charge on any atom is 0.246 e. The molecule has 1 fully saturated rings. The number of pyridine rings is 1. The molecule has 1 aromatic carbocycles. The van der Waals surface area contributed by atoms with Gasteiger partial charge in [0.05, 0.1) is 7.11 Å². The largest absolute Gasteiger partial charge is 0.496 e. The van der Waals surface area contributed by atoms with Crippen LogP contribution in [0.4, 0.5) is 0 Å². The molecule has 2 aromatic rings. The molecular weight excluding hydrogens is 386 g/mol. The van der Waals surface area contributed by atoms with Gasteiger partial charge in [0.25, 0.3) is 0 Å². The smallest absolute Gasteiger partial charge is 0.246 e. The maximum absolute atomic E-state index is 12.9. The number of carbonyl (C=O) groups is 1. The molecule has 5 nitrogen and oxygen atoms in total. The van der Waals surface area contributed by atoms with Gasteiger partial charge >= 0.3 is 0 Å². The number of amides is 1. The first-order valence-electron chi connectivity index (χ1n) is 11.3. The Morgan fingerprint density at radius 2 is 1.90 bits per heavy atom. The minimum absolute atomic E-state index is 0.0990. The fourth-order valence-electron chi connectivity index (χ4n) is 4.16. The summed E-state index contributed by atoms with van der Waals surface area (Å²) in [5, 5.41) is 0. The van der Waals surface area contributed by atoms with Crippen molar-refractivity contribution in [2.45, 2.75) is 33.2 Å². The van der Waals surface area contributed by atoms with Gasteiger partial charge in [-0.1, -0.05) is 32.0 Å². The van der Waals surface area contributed by atoms with E-state index in [0.717, 1.165) is 56.9 Å². The third-order valence-electron chi connectivity index (χ3n) is 5.79. The zero-order chi connectivity index (χ0) is 22.1. The van der Waals surface area contributed by atoms with Gasteiger partial charge in [0.2, 0.25) is 5.91 Å². The fraction of sp³-hybridized carbons (Fsp3) is 0.462. The number of hydrogen-bond donors (Lipinski definition) is 0. The molecule has 31 heavy (non-hydrogen) atoms. The van der Waals surface area contributed by atoms with Crippen LogP contribution in [0.1, 0.15) is 37.8 Å². The number of methoxy groups -OCH3 is 1. The normalized spacial score (nSPS) is 15.5. The number of benzene rings is 1. The Balaban J connectivity index is 1.54. The van der Waals surface area contributed by atoms with Gasteiger partial charge in [0, 0.05) is 43.7 Å². The number of hydrogen-bond acceptors (Lipinski definition) is 4. The number of nitrogens with zero attached hydrogens (tertiary/aromatic N) is 3. The van der Waals surface area contributed by atoms with Crippen LogP contribution in [0.3, 0.4) is 0 Å². The molecule has 0 saturated carbocycles. The predicted molar refractivity (Wildman–Crippen MR) is 126 cm³/mol. The first-order chi connectivity index (χ1) is 15.0. The van der Waals surface area contributed by atoms with E-state index in [1.807, 2.05) is 35.2 Å².